The Kier molecular flexibility index (Phi) is 6.53. The highest BCUT2D eigenvalue weighted by molar-refractivity contribution is 6.42. The number of benzene rings is 3. The quantitative estimate of drug-likeness (QED) is 0.355. The molecule has 3 aromatic carbocycles. The normalized spacial score (nSPS) is 10.7. The van der Waals surface area contributed by atoms with E-state index in [1.165, 1.54) is 6.07 Å². The van der Waals surface area contributed by atoms with Gasteiger partial charge in [0.2, 0.25) is 5.95 Å². The predicted octanol–water partition coefficient (Wildman–Crippen LogP) is 5.91. The highest BCUT2D eigenvalue weighted by Gasteiger charge is 2.15. The van der Waals surface area contributed by atoms with E-state index in [1.54, 1.807) is 45.5 Å². The number of anilines is 2. The number of ether oxygens (including phenoxy) is 2. The second kappa shape index (κ2) is 9.52. The molecule has 1 heterocycles. The summed E-state index contributed by atoms with van der Waals surface area (Å²) >= 11 is 12.0. The molecule has 0 spiro atoms. The minimum absolute atomic E-state index is 0.305. The van der Waals surface area contributed by atoms with Crippen molar-refractivity contribution in [2.24, 2.45) is 0 Å². The number of methoxy groups -OCH3 is 2. The van der Waals surface area contributed by atoms with Gasteiger partial charge in [-0.3, -0.25) is 4.79 Å². The van der Waals surface area contributed by atoms with E-state index in [0.29, 0.717) is 50.0 Å². The molecule has 4 aromatic rings. The van der Waals surface area contributed by atoms with Crippen LogP contribution in [0.2, 0.25) is 10.0 Å². The molecule has 1 amide bonds. The predicted molar refractivity (Wildman–Crippen MR) is 132 cm³/mol. The molecule has 9 heteroatoms. The average molecular weight is 483 g/mol. The number of carbonyl (C=O) groups excluding carboxylic acids is 1. The van der Waals surface area contributed by atoms with Crippen LogP contribution >= 0.6 is 23.2 Å². The molecule has 168 valence electrons. The Morgan fingerprint density at radius 3 is 2.36 bits per heavy atom. The van der Waals surface area contributed by atoms with Gasteiger partial charge in [0.25, 0.3) is 5.91 Å². The summed E-state index contributed by atoms with van der Waals surface area (Å²) < 4.78 is 10.9. The summed E-state index contributed by atoms with van der Waals surface area (Å²) in [6.45, 7) is 0. The summed E-state index contributed by atoms with van der Waals surface area (Å²) in [5.41, 5.74) is 3.15. The standard InChI is InChI=1S/C24H20Cl2N4O3/c1-27-24-29-19-12-21(33-3)20(32-2)11-16(19)22(30-24)13-5-4-6-15(9-13)28-23(31)14-7-8-17(25)18(26)10-14/h4-12H,1-3H3,(H,28,31)(H,27,29,30). The monoisotopic (exact) mass is 482 g/mol. The van der Waals surface area contributed by atoms with E-state index in [4.69, 9.17) is 32.7 Å². The number of amides is 1. The van der Waals surface area contributed by atoms with Crippen molar-refractivity contribution < 1.29 is 14.3 Å². The Hall–Kier alpha value is -3.55. The lowest BCUT2D eigenvalue weighted by Gasteiger charge is -2.13. The molecule has 0 radical (unpaired) electrons. The smallest absolute Gasteiger partial charge is 0.255 e. The van der Waals surface area contributed by atoms with Crippen molar-refractivity contribution in [1.82, 2.24) is 9.97 Å². The van der Waals surface area contributed by atoms with Crippen LogP contribution in [0.25, 0.3) is 22.2 Å². The first kappa shape index (κ1) is 22.6. The van der Waals surface area contributed by atoms with Crippen LogP contribution < -0.4 is 20.1 Å². The van der Waals surface area contributed by atoms with Crippen molar-refractivity contribution in [3.63, 3.8) is 0 Å². The summed E-state index contributed by atoms with van der Waals surface area (Å²) in [6, 6.07) is 15.8. The molecule has 0 atom stereocenters. The fourth-order valence-corrected chi connectivity index (χ4v) is 3.67. The van der Waals surface area contributed by atoms with E-state index in [1.807, 2.05) is 24.3 Å². The molecule has 33 heavy (non-hydrogen) atoms. The number of hydrogen-bond acceptors (Lipinski definition) is 6. The van der Waals surface area contributed by atoms with Gasteiger partial charge in [-0.15, -0.1) is 0 Å². The molecule has 0 unspecified atom stereocenters. The van der Waals surface area contributed by atoms with Crippen LogP contribution in [-0.4, -0.2) is 37.1 Å². The Morgan fingerprint density at radius 2 is 1.67 bits per heavy atom. The van der Waals surface area contributed by atoms with Crippen LogP contribution in [0.4, 0.5) is 11.6 Å². The van der Waals surface area contributed by atoms with Crippen LogP contribution in [0.1, 0.15) is 10.4 Å². The first-order chi connectivity index (χ1) is 15.9. The number of fused-ring (bicyclic) bond motifs is 1. The Morgan fingerprint density at radius 1 is 0.909 bits per heavy atom. The van der Waals surface area contributed by atoms with Crippen molar-refractivity contribution in [3.8, 4) is 22.8 Å². The summed E-state index contributed by atoms with van der Waals surface area (Å²) in [7, 11) is 4.90. The molecule has 0 bridgehead atoms. The van der Waals surface area contributed by atoms with E-state index >= 15 is 0 Å². The van der Waals surface area contributed by atoms with Crippen molar-refractivity contribution in [2.75, 3.05) is 31.9 Å². The SMILES string of the molecule is CNc1nc(-c2cccc(NC(=O)c3ccc(Cl)c(Cl)c3)c2)c2cc(OC)c(OC)cc2n1. The van der Waals surface area contributed by atoms with E-state index in [-0.39, 0.29) is 5.91 Å². The van der Waals surface area contributed by atoms with Crippen molar-refractivity contribution in [1.29, 1.82) is 0 Å². The van der Waals surface area contributed by atoms with Gasteiger partial charge in [0.15, 0.2) is 11.5 Å². The van der Waals surface area contributed by atoms with Crippen molar-refractivity contribution >= 4 is 51.6 Å². The average Bonchev–Trinajstić information content (AvgIpc) is 2.84. The molecule has 2 N–H and O–H groups in total. The first-order valence-corrected chi connectivity index (χ1v) is 10.7. The van der Waals surface area contributed by atoms with Gasteiger partial charge >= 0.3 is 0 Å². The van der Waals surface area contributed by atoms with Crippen LogP contribution in [0, 0.1) is 0 Å². The van der Waals surface area contributed by atoms with Gasteiger partial charge in [-0.05, 0) is 36.4 Å². The minimum atomic E-state index is -0.305. The zero-order valence-corrected chi connectivity index (χ0v) is 19.6. The van der Waals surface area contributed by atoms with Crippen LogP contribution in [0.5, 0.6) is 11.5 Å². The van der Waals surface area contributed by atoms with Gasteiger partial charge in [0.05, 0.1) is 35.5 Å². The summed E-state index contributed by atoms with van der Waals surface area (Å²) in [5.74, 6) is 1.28. The van der Waals surface area contributed by atoms with E-state index in [9.17, 15) is 4.79 Å². The van der Waals surface area contributed by atoms with Crippen LogP contribution in [-0.2, 0) is 0 Å². The lowest BCUT2D eigenvalue weighted by Crippen LogP contribution is -2.11. The maximum Gasteiger partial charge on any atom is 0.255 e. The molecular weight excluding hydrogens is 463 g/mol. The number of nitrogens with zero attached hydrogens (tertiary/aromatic N) is 2. The van der Waals surface area contributed by atoms with Crippen molar-refractivity contribution in [3.05, 3.63) is 70.2 Å². The number of carbonyl (C=O) groups is 1. The van der Waals surface area contributed by atoms with Gasteiger partial charge in [-0.25, -0.2) is 9.97 Å². The Bertz CT molecular complexity index is 1360. The van der Waals surface area contributed by atoms with Gasteiger partial charge in [0, 0.05) is 35.3 Å². The maximum atomic E-state index is 12.7. The van der Waals surface area contributed by atoms with Gasteiger partial charge in [-0.2, -0.15) is 0 Å². The third-order valence-electron chi connectivity index (χ3n) is 5.00. The Labute approximate surface area is 200 Å². The number of halogens is 2. The molecule has 0 aliphatic carbocycles. The summed E-state index contributed by atoms with van der Waals surface area (Å²) in [5, 5.41) is 7.35. The lowest BCUT2D eigenvalue weighted by atomic mass is 10.0. The largest absolute Gasteiger partial charge is 0.493 e. The highest BCUT2D eigenvalue weighted by atomic mass is 35.5. The zero-order valence-electron chi connectivity index (χ0n) is 18.1. The maximum absolute atomic E-state index is 12.7. The first-order valence-electron chi connectivity index (χ1n) is 9.92. The topological polar surface area (TPSA) is 85.4 Å². The molecular formula is C24H20Cl2N4O3. The van der Waals surface area contributed by atoms with Crippen LogP contribution in [0.3, 0.4) is 0 Å². The van der Waals surface area contributed by atoms with E-state index in [2.05, 4.69) is 20.6 Å². The third-order valence-corrected chi connectivity index (χ3v) is 5.74. The molecule has 7 nitrogen and oxygen atoms in total. The minimum Gasteiger partial charge on any atom is -0.493 e. The summed E-state index contributed by atoms with van der Waals surface area (Å²) in [4.78, 5) is 21.9. The number of aromatic nitrogens is 2. The van der Waals surface area contributed by atoms with Gasteiger partial charge < -0.3 is 20.1 Å². The third kappa shape index (κ3) is 4.65. The van der Waals surface area contributed by atoms with Crippen molar-refractivity contribution in [2.45, 2.75) is 0 Å². The lowest BCUT2D eigenvalue weighted by molar-refractivity contribution is 0.102. The van der Waals surface area contributed by atoms with Gasteiger partial charge in [-0.1, -0.05) is 35.3 Å². The molecule has 0 aliphatic heterocycles. The second-order valence-electron chi connectivity index (χ2n) is 7.03. The molecule has 1 aromatic heterocycles. The van der Waals surface area contributed by atoms with Gasteiger partial charge in [0.1, 0.15) is 0 Å². The highest BCUT2D eigenvalue weighted by Crippen LogP contribution is 2.36. The molecule has 0 saturated heterocycles. The second-order valence-corrected chi connectivity index (χ2v) is 7.85. The molecule has 4 rings (SSSR count). The van der Waals surface area contributed by atoms with E-state index < -0.39 is 0 Å². The fraction of sp³-hybridized carbons (Fsp3) is 0.125. The Balaban J connectivity index is 1.76. The van der Waals surface area contributed by atoms with E-state index in [0.717, 1.165) is 10.9 Å². The number of rotatable bonds is 6. The number of nitrogens with one attached hydrogen (secondary N) is 2. The summed E-state index contributed by atoms with van der Waals surface area (Å²) in [6.07, 6.45) is 0. The van der Waals surface area contributed by atoms with Crippen LogP contribution in [0.15, 0.2) is 54.6 Å². The zero-order chi connectivity index (χ0) is 23.5. The molecule has 0 fully saturated rings. The fourth-order valence-electron chi connectivity index (χ4n) is 3.37. The molecule has 0 saturated carbocycles. The number of hydrogen-bond donors (Lipinski definition) is 2. The molecule has 0 aliphatic rings.